The molecule has 1 aromatic carbocycles. The number of aryl methyl sites for hydroxylation is 1. The lowest BCUT2D eigenvalue weighted by Gasteiger charge is -2.12. The van der Waals surface area contributed by atoms with Crippen molar-refractivity contribution in [3.63, 3.8) is 0 Å². The molecule has 3 rings (SSSR count). The fourth-order valence-electron chi connectivity index (χ4n) is 2.55. The summed E-state index contributed by atoms with van der Waals surface area (Å²) in [5.74, 6) is 1.24. The molecule has 0 N–H and O–H groups in total. The molecule has 0 aliphatic heterocycles. The second-order valence-corrected chi connectivity index (χ2v) is 5.01. The van der Waals surface area contributed by atoms with Crippen LogP contribution in [0.1, 0.15) is 24.7 Å². The Balaban J connectivity index is 2.28. The molecule has 0 aliphatic rings. The molecule has 0 unspecified atom stereocenters. The average molecular weight is 286 g/mol. The van der Waals surface area contributed by atoms with Crippen LogP contribution in [0.15, 0.2) is 42.7 Å². The van der Waals surface area contributed by atoms with Gasteiger partial charge in [-0.05, 0) is 24.1 Å². The molecule has 0 amide bonds. The first kappa shape index (κ1) is 13.1. The lowest BCUT2D eigenvalue weighted by Crippen LogP contribution is -2.03. The number of nitrogens with zero attached hydrogens (tertiary/aromatic N) is 3. The summed E-state index contributed by atoms with van der Waals surface area (Å²) in [6, 6.07) is 10.4. The Labute approximate surface area is 123 Å². The second-order valence-electron chi connectivity index (χ2n) is 4.74. The van der Waals surface area contributed by atoms with Crippen LogP contribution < -0.4 is 0 Å². The molecule has 0 spiro atoms. The highest BCUT2D eigenvalue weighted by atomic mass is 35.5. The van der Waals surface area contributed by atoms with Crippen LogP contribution in [0.5, 0.6) is 0 Å². The van der Waals surface area contributed by atoms with E-state index in [9.17, 15) is 0 Å². The van der Waals surface area contributed by atoms with Gasteiger partial charge in [0.05, 0.1) is 23.3 Å². The van der Waals surface area contributed by atoms with E-state index in [1.165, 1.54) is 11.3 Å². The third-order valence-electron chi connectivity index (χ3n) is 3.40. The van der Waals surface area contributed by atoms with E-state index in [0.29, 0.717) is 5.88 Å². The van der Waals surface area contributed by atoms with Crippen LogP contribution >= 0.6 is 11.6 Å². The molecule has 3 nitrogen and oxygen atoms in total. The number of aromatic nitrogens is 3. The first-order valence-electron chi connectivity index (χ1n) is 6.80. The van der Waals surface area contributed by atoms with Gasteiger partial charge < -0.3 is 0 Å². The van der Waals surface area contributed by atoms with Gasteiger partial charge in [-0.15, -0.1) is 11.6 Å². The zero-order valence-electron chi connectivity index (χ0n) is 11.4. The number of alkyl halides is 1. The first-order valence-corrected chi connectivity index (χ1v) is 7.34. The zero-order chi connectivity index (χ0) is 13.9. The average Bonchev–Trinajstić information content (AvgIpc) is 2.86. The minimum absolute atomic E-state index is 0.384. The molecular formula is C16H16ClN3. The van der Waals surface area contributed by atoms with Crippen LogP contribution in [0.2, 0.25) is 0 Å². The van der Waals surface area contributed by atoms with Gasteiger partial charge in [0.15, 0.2) is 0 Å². The Kier molecular flexibility index (Phi) is 3.70. The maximum atomic E-state index is 6.08. The van der Waals surface area contributed by atoms with E-state index < -0.39 is 0 Å². The number of hydrogen-bond donors (Lipinski definition) is 0. The van der Waals surface area contributed by atoms with E-state index in [0.717, 1.165) is 29.7 Å². The number of benzene rings is 1. The predicted molar refractivity (Wildman–Crippen MR) is 82.4 cm³/mol. The van der Waals surface area contributed by atoms with Gasteiger partial charge in [0.25, 0.3) is 0 Å². The minimum Gasteiger partial charge on any atom is -0.295 e. The maximum Gasteiger partial charge on any atom is 0.129 e. The number of imidazole rings is 1. The highest BCUT2D eigenvalue weighted by Crippen LogP contribution is 2.25. The van der Waals surface area contributed by atoms with Crippen molar-refractivity contribution in [2.45, 2.75) is 25.6 Å². The molecule has 2 aromatic heterocycles. The standard InChI is InChI=1S/C16H16ClN3/c1-2-5-12-6-3-4-7-14(12)20-15-8-9-18-11-13(15)19-16(20)10-17/h3-4,6-9,11H,2,5,10H2,1H3. The van der Waals surface area contributed by atoms with E-state index in [-0.39, 0.29) is 0 Å². The molecule has 0 saturated carbocycles. The quantitative estimate of drug-likeness (QED) is 0.675. The van der Waals surface area contributed by atoms with Crippen molar-refractivity contribution in [3.05, 3.63) is 54.1 Å². The molecular weight excluding hydrogens is 270 g/mol. The summed E-state index contributed by atoms with van der Waals surface area (Å²) >= 11 is 6.08. The molecule has 0 saturated heterocycles. The van der Waals surface area contributed by atoms with Gasteiger partial charge in [0.2, 0.25) is 0 Å². The lowest BCUT2D eigenvalue weighted by molar-refractivity contribution is 0.889. The smallest absolute Gasteiger partial charge is 0.129 e. The fraction of sp³-hybridized carbons (Fsp3) is 0.250. The van der Waals surface area contributed by atoms with Crippen LogP contribution in [0.25, 0.3) is 16.7 Å². The summed E-state index contributed by atoms with van der Waals surface area (Å²) < 4.78 is 2.15. The molecule has 0 atom stereocenters. The van der Waals surface area contributed by atoms with Gasteiger partial charge in [-0.1, -0.05) is 31.5 Å². The molecule has 0 radical (unpaired) electrons. The zero-order valence-corrected chi connectivity index (χ0v) is 12.1. The van der Waals surface area contributed by atoms with E-state index in [1.54, 1.807) is 12.4 Å². The molecule has 4 heteroatoms. The van der Waals surface area contributed by atoms with Crippen molar-refractivity contribution in [3.8, 4) is 5.69 Å². The normalized spacial score (nSPS) is 11.1. The van der Waals surface area contributed by atoms with Crippen molar-refractivity contribution < 1.29 is 0 Å². The van der Waals surface area contributed by atoms with Gasteiger partial charge >= 0.3 is 0 Å². The largest absolute Gasteiger partial charge is 0.295 e. The topological polar surface area (TPSA) is 30.7 Å². The summed E-state index contributed by atoms with van der Waals surface area (Å²) in [4.78, 5) is 8.71. The van der Waals surface area contributed by atoms with Gasteiger partial charge in [-0.25, -0.2) is 4.98 Å². The number of pyridine rings is 1. The van der Waals surface area contributed by atoms with E-state index >= 15 is 0 Å². The molecule has 2 heterocycles. The van der Waals surface area contributed by atoms with Crippen LogP contribution in [-0.4, -0.2) is 14.5 Å². The van der Waals surface area contributed by atoms with Crippen molar-refractivity contribution in [2.75, 3.05) is 0 Å². The number of fused-ring (bicyclic) bond motifs is 1. The van der Waals surface area contributed by atoms with Gasteiger partial charge in [0.1, 0.15) is 11.3 Å². The monoisotopic (exact) mass is 285 g/mol. The lowest BCUT2D eigenvalue weighted by atomic mass is 10.1. The van der Waals surface area contributed by atoms with Crippen LogP contribution in [0.3, 0.4) is 0 Å². The Hall–Kier alpha value is -1.87. The summed E-state index contributed by atoms with van der Waals surface area (Å²) in [6.07, 6.45) is 5.73. The predicted octanol–water partition coefficient (Wildman–Crippen LogP) is 4.11. The number of para-hydroxylation sites is 1. The van der Waals surface area contributed by atoms with Crippen molar-refractivity contribution in [1.29, 1.82) is 0 Å². The van der Waals surface area contributed by atoms with Crippen molar-refractivity contribution >= 4 is 22.6 Å². The number of halogens is 1. The van der Waals surface area contributed by atoms with E-state index in [4.69, 9.17) is 11.6 Å². The molecule has 102 valence electrons. The first-order chi connectivity index (χ1) is 9.85. The number of rotatable bonds is 4. The Bertz CT molecular complexity index is 733. The summed E-state index contributed by atoms with van der Waals surface area (Å²) in [5, 5.41) is 0. The Morgan fingerprint density at radius 1 is 1.20 bits per heavy atom. The Morgan fingerprint density at radius 3 is 2.85 bits per heavy atom. The van der Waals surface area contributed by atoms with Gasteiger partial charge in [-0.2, -0.15) is 0 Å². The second kappa shape index (κ2) is 5.63. The van der Waals surface area contributed by atoms with Gasteiger partial charge in [0, 0.05) is 6.20 Å². The molecule has 0 bridgehead atoms. The maximum absolute atomic E-state index is 6.08. The van der Waals surface area contributed by atoms with Crippen molar-refractivity contribution in [1.82, 2.24) is 14.5 Å². The highest BCUT2D eigenvalue weighted by Gasteiger charge is 2.13. The number of hydrogen-bond acceptors (Lipinski definition) is 2. The third-order valence-corrected chi connectivity index (χ3v) is 3.64. The summed E-state index contributed by atoms with van der Waals surface area (Å²) in [6.45, 7) is 2.19. The SMILES string of the molecule is CCCc1ccccc1-n1c(CCl)nc2cnccc21. The van der Waals surface area contributed by atoms with E-state index in [2.05, 4.69) is 45.7 Å². The van der Waals surface area contributed by atoms with Crippen LogP contribution in [-0.2, 0) is 12.3 Å². The summed E-state index contributed by atoms with van der Waals surface area (Å²) in [7, 11) is 0. The fourth-order valence-corrected chi connectivity index (χ4v) is 2.73. The molecule has 0 aliphatic carbocycles. The van der Waals surface area contributed by atoms with Crippen LogP contribution in [0, 0.1) is 0 Å². The summed E-state index contributed by atoms with van der Waals surface area (Å²) in [5.41, 5.74) is 4.42. The molecule has 3 aromatic rings. The van der Waals surface area contributed by atoms with Crippen LogP contribution in [0.4, 0.5) is 0 Å². The Morgan fingerprint density at radius 2 is 2.05 bits per heavy atom. The van der Waals surface area contributed by atoms with Crippen molar-refractivity contribution in [2.24, 2.45) is 0 Å². The molecule has 0 fully saturated rings. The minimum atomic E-state index is 0.384. The highest BCUT2D eigenvalue weighted by molar-refractivity contribution is 6.17. The van der Waals surface area contributed by atoms with Gasteiger partial charge in [-0.3, -0.25) is 9.55 Å². The molecule has 20 heavy (non-hydrogen) atoms. The van der Waals surface area contributed by atoms with E-state index in [1.807, 2.05) is 6.07 Å². The third kappa shape index (κ3) is 2.18.